The highest BCUT2D eigenvalue weighted by atomic mass is 16.6. The molecule has 0 saturated carbocycles. The number of aromatic nitrogens is 5. The minimum absolute atomic E-state index is 0.126. The van der Waals surface area contributed by atoms with Crippen molar-refractivity contribution in [1.82, 2.24) is 45.4 Å². The first-order valence-electron chi connectivity index (χ1n) is 18.4. The maximum absolute atomic E-state index is 14.2. The summed E-state index contributed by atoms with van der Waals surface area (Å²) >= 11 is 0. The van der Waals surface area contributed by atoms with E-state index in [1.807, 2.05) is 52.0 Å². The Labute approximate surface area is 310 Å². The fourth-order valence-corrected chi connectivity index (χ4v) is 7.85. The molecule has 16 nitrogen and oxygen atoms in total. The molecule has 3 aromatic heterocycles. The monoisotopic (exact) mass is 737 g/mol. The van der Waals surface area contributed by atoms with Crippen LogP contribution in [0.4, 0.5) is 9.59 Å². The van der Waals surface area contributed by atoms with Gasteiger partial charge < -0.3 is 44.3 Å². The van der Waals surface area contributed by atoms with Gasteiger partial charge in [-0.25, -0.2) is 24.5 Å². The van der Waals surface area contributed by atoms with Crippen molar-refractivity contribution in [2.75, 3.05) is 20.2 Å². The lowest BCUT2D eigenvalue weighted by atomic mass is 10.0. The van der Waals surface area contributed by atoms with Gasteiger partial charge in [0.15, 0.2) is 11.5 Å². The van der Waals surface area contributed by atoms with Crippen LogP contribution in [0.25, 0.3) is 44.8 Å². The van der Waals surface area contributed by atoms with Crippen LogP contribution in [-0.4, -0.2) is 91.0 Å². The van der Waals surface area contributed by atoms with Crippen molar-refractivity contribution in [3.8, 4) is 28.5 Å². The molecule has 0 radical (unpaired) electrons. The molecule has 4 atom stereocenters. The largest absolute Gasteiger partial charge is 0.453 e. The highest BCUT2D eigenvalue weighted by Gasteiger charge is 2.40. The third kappa shape index (κ3) is 6.18. The van der Waals surface area contributed by atoms with E-state index in [0.29, 0.717) is 76.9 Å². The SMILES string of the molecule is COC(=O)N[C@H](C(=O)N1CCC[C@H]1c1nc2c3cc(cc2[nH]1)-c1cnc(o1)-c1cccc2[nH]c(nc12)[C@@H]1CCCN1C(=O)[C@H](C(C)C)NC(=O)O3)C(C)C. The lowest BCUT2D eigenvalue weighted by Crippen LogP contribution is -2.51. The number of amides is 4. The van der Waals surface area contributed by atoms with Gasteiger partial charge in [0.1, 0.15) is 34.8 Å². The lowest BCUT2D eigenvalue weighted by molar-refractivity contribution is -0.136. The smallest absolute Gasteiger partial charge is 0.413 e. The predicted molar refractivity (Wildman–Crippen MR) is 196 cm³/mol. The van der Waals surface area contributed by atoms with Crippen molar-refractivity contribution < 1.29 is 33.1 Å². The van der Waals surface area contributed by atoms with Crippen LogP contribution >= 0.6 is 0 Å². The van der Waals surface area contributed by atoms with Gasteiger partial charge in [-0.3, -0.25) is 9.59 Å². The van der Waals surface area contributed by atoms with Crippen molar-refractivity contribution in [3.05, 3.63) is 48.2 Å². The van der Waals surface area contributed by atoms with Crippen molar-refractivity contribution >= 4 is 46.1 Å². The topological polar surface area (TPSA) is 201 Å². The highest BCUT2D eigenvalue weighted by molar-refractivity contribution is 5.93. The molecule has 0 spiro atoms. The molecule has 6 heterocycles. The molecule has 2 fully saturated rings. The molecular formula is C38H43N9O7. The maximum atomic E-state index is 14.2. The molecule has 4 amide bonds. The average Bonchev–Trinajstić information content (AvgIpc) is 3.99. The van der Waals surface area contributed by atoms with Crippen LogP contribution in [-0.2, 0) is 14.3 Å². The van der Waals surface area contributed by atoms with Crippen LogP contribution in [0.5, 0.6) is 5.75 Å². The number of H-pyrrole nitrogens is 2. The number of benzene rings is 2. The van der Waals surface area contributed by atoms with Gasteiger partial charge in [-0.15, -0.1) is 0 Å². The number of nitrogens with one attached hydrogen (secondary N) is 4. The molecule has 4 N–H and O–H groups in total. The molecule has 3 aliphatic heterocycles. The van der Waals surface area contributed by atoms with Crippen LogP contribution in [0.1, 0.15) is 77.1 Å². The number of nitrogens with zero attached hydrogens (tertiary/aromatic N) is 5. The number of methoxy groups -OCH3 is 1. The summed E-state index contributed by atoms with van der Waals surface area (Å²) in [6, 6.07) is 6.79. The molecular weight excluding hydrogens is 694 g/mol. The number of imidazole rings is 2. The van der Waals surface area contributed by atoms with Crippen molar-refractivity contribution in [2.45, 2.75) is 77.5 Å². The van der Waals surface area contributed by atoms with Crippen molar-refractivity contribution in [1.29, 1.82) is 0 Å². The molecule has 6 bridgehead atoms. The third-order valence-electron chi connectivity index (χ3n) is 10.6. The Bertz CT molecular complexity index is 2270. The van der Waals surface area contributed by atoms with Gasteiger partial charge >= 0.3 is 12.2 Å². The molecule has 8 rings (SSSR count). The molecule has 0 aliphatic carbocycles. The number of likely N-dealkylation sites (tertiary alicyclic amines) is 1. The first kappa shape index (κ1) is 35.1. The second kappa shape index (κ2) is 13.8. The van der Waals surface area contributed by atoms with Crippen LogP contribution in [0.15, 0.2) is 40.9 Å². The molecule has 0 unspecified atom stereocenters. The van der Waals surface area contributed by atoms with Gasteiger partial charge in [0, 0.05) is 18.7 Å². The van der Waals surface area contributed by atoms with Gasteiger partial charge in [-0.1, -0.05) is 33.8 Å². The fourth-order valence-electron chi connectivity index (χ4n) is 7.85. The standard InChI is InChI=1S/C38H43N9O7/c1-18(2)28(44-37(50)52-5)35(48)47-14-8-12-25(47)33-41-23-15-20-16-26(31(23)43-33)54-38(51)45-29(19(3)4)36(49)46-13-7-11-24(46)32-40-22-10-6-9-21(30(22)42-32)34-39-17-27(20)53-34/h6,9-10,15-19,24-25,28-29H,7-8,11-14H2,1-5H3,(H,40,42)(H,41,43)(H,44,50)(H,45,51)/t24-,25-,28-,29-/m0/s1. The number of fused-ring (bicyclic) bond motifs is 11. The Kier molecular flexibility index (Phi) is 8.98. The van der Waals surface area contributed by atoms with E-state index >= 15 is 0 Å². The summed E-state index contributed by atoms with van der Waals surface area (Å²) in [6.07, 6.45) is 2.96. The summed E-state index contributed by atoms with van der Waals surface area (Å²) in [5.74, 6) is 1.12. The van der Waals surface area contributed by atoms with Gasteiger partial charge in [0.25, 0.3) is 0 Å². The summed E-state index contributed by atoms with van der Waals surface area (Å²) in [7, 11) is 1.26. The first-order chi connectivity index (χ1) is 26.0. The molecule has 16 heteroatoms. The number of oxazole rings is 1. The summed E-state index contributed by atoms with van der Waals surface area (Å²) < 4.78 is 17.1. The zero-order chi connectivity index (χ0) is 37.8. The Morgan fingerprint density at radius 2 is 1.70 bits per heavy atom. The second-order valence-electron chi connectivity index (χ2n) is 14.8. The van der Waals surface area contributed by atoms with Crippen LogP contribution in [0.3, 0.4) is 0 Å². The fraction of sp³-hybridized carbons (Fsp3) is 0.447. The van der Waals surface area contributed by atoms with E-state index in [0.717, 1.165) is 18.4 Å². The number of rotatable bonds is 5. The van der Waals surface area contributed by atoms with Gasteiger partial charge in [-0.2, -0.15) is 0 Å². The van der Waals surface area contributed by atoms with Crippen molar-refractivity contribution in [3.63, 3.8) is 0 Å². The third-order valence-corrected chi connectivity index (χ3v) is 10.6. The zero-order valence-electron chi connectivity index (χ0n) is 30.8. The van der Waals surface area contributed by atoms with Crippen molar-refractivity contribution in [2.24, 2.45) is 11.8 Å². The van der Waals surface area contributed by atoms with Gasteiger partial charge in [0.05, 0.1) is 42.0 Å². The molecule has 3 aliphatic rings. The predicted octanol–water partition coefficient (Wildman–Crippen LogP) is 5.60. The summed E-state index contributed by atoms with van der Waals surface area (Å²) in [4.78, 5) is 78.7. The second-order valence-corrected chi connectivity index (χ2v) is 14.8. The highest BCUT2D eigenvalue weighted by Crippen LogP contribution is 2.39. The lowest BCUT2D eigenvalue weighted by Gasteiger charge is -2.30. The minimum Gasteiger partial charge on any atom is -0.453 e. The summed E-state index contributed by atoms with van der Waals surface area (Å²) in [5, 5.41) is 5.51. The molecule has 2 aromatic carbocycles. The molecule has 2 saturated heterocycles. The van der Waals surface area contributed by atoms with E-state index in [1.165, 1.54) is 7.11 Å². The normalized spacial score (nSPS) is 20.8. The van der Waals surface area contributed by atoms with Crippen LogP contribution in [0, 0.1) is 11.8 Å². The van der Waals surface area contributed by atoms with Gasteiger partial charge in [0.2, 0.25) is 17.7 Å². The quantitative estimate of drug-likeness (QED) is 0.176. The maximum Gasteiger partial charge on any atom is 0.413 e. The number of alkyl carbamates (subject to hydrolysis) is 1. The van der Waals surface area contributed by atoms with E-state index < -0.39 is 30.3 Å². The van der Waals surface area contributed by atoms with E-state index in [-0.39, 0.29) is 35.4 Å². The number of para-hydroxylation sites is 1. The zero-order valence-corrected chi connectivity index (χ0v) is 30.8. The number of carbonyl (C=O) groups is 4. The Balaban J connectivity index is 1.22. The Morgan fingerprint density at radius 3 is 2.48 bits per heavy atom. The Hall–Kier alpha value is -5.93. The van der Waals surface area contributed by atoms with E-state index in [9.17, 15) is 19.2 Å². The summed E-state index contributed by atoms with van der Waals surface area (Å²) in [5.41, 5.74) is 3.59. The number of ether oxygens (including phenoxy) is 2. The minimum atomic E-state index is -0.871. The molecule has 5 aromatic rings. The van der Waals surface area contributed by atoms with Gasteiger partial charge in [-0.05, 0) is 61.8 Å². The van der Waals surface area contributed by atoms with E-state index in [4.69, 9.17) is 23.9 Å². The molecule has 282 valence electrons. The van der Waals surface area contributed by atoms with E-state index in [1.54, 1.807) is 22.1 Å². The first-order valence-corrected chi connectivity index (χ1v) is 18.4. The Morgan fingerprint density at radius 1 is 0.963 bits per heavy atom. The number of hydrogen-bond donors (Lipinski definition) is 4. The van der Waals surface area contributed by atoms with Crippen LogP contribution in [0.2, 0.25) is 0 Å². The molecule has 54 heavy (non-hydrogen) atoms. The number of aromatic amines is 2. The van der Waals surface area contributed by atoms with Crippen LogP contribution < -0.4 is 15.4 Å². The summed E-state index contributed by atoms with van der Waals surface area (Å²) in [6.45, 7) is 8.46. The average molecular weight is 738 g/mol. The van der Waals surface area contributed by atoms with E-state index in [2.05, 4.69) is 25.6 Å². The number of hydrogen-bond acceptors (Lipinski definition) is 10. The number of carbonyl (C=O) groups excluding carboxylic acids is 4.